The van der Waals surface area contributed by atoms with Crippen LogP contribution in [0.1, 0.15) is 5.56 Å². The van der Waals surface area contributed by atoms with E-state index in [-0.39, 0.29) is 5.56 Å². The first-order valence-corrected chi connectivity index (χ1v) is 5.55. The zero-order chi connectivity index (χ0) is 12.4. The molecule has 0 N–H and O–H groups in total. The van der Waals surface area contributed by atoms with Crippen molar-refractivity contribution in [2.75, 3.05) is 19.0 Å². The highest BCUT2D eigenvalue weighted by Gasteiger charge is 2.01. The van der Waals surface area contributed by atoms with E-state index in [1.165, 1.54) is 0 Å². The molecule has 0 radical (unpaired) electrons. The molecule has 0 bridgehead atoms. The van der Waals surface area contributed by atoms with Gasteiger partial charge in [0.1, 0.15) is 0 Å². The summed E-state index contributed by atoms with van der Waals surface area (Å²) in [4.78, 5) is 13.9. The molecule has 0 amide bonds. The SMILES string of the molecule is Cc1ccn(-c2cccc(N(C)C)c2)c(=O)c1. The van der Waals surface area contributed by atoms with Gasteiger partial charge in [0.25, 0.3) is 5.56 Å². The Morgan fingerprint density at radius 3 is 2.53 bits per heavy atom. The number of pyridine rings is 1. The molecule has 0 unspecified atom stereocenters. The van der Waals surface area contributed by atoms with Crippen molar-refractivity contribution in [2.45, 2.75) is 6.92 Å². The van der Waals surface area contributed by atoms with Crippen LogP contribution in [0.25, 0.3) is 5.69 Å². The largest absolute Gasteiger partial charge is 0.378 e. The van der Waals surface area contributed by atoms with Crippen LogP contribution < -0.4 is 10.5 Å². The van der Waals surface area contributed by atoms with Crippen LogP contribution in [0.2, 0.25) is 0 Å². The van der Waals surface area contributed by atoms with E-state index in [9.17, 15) is 4.79 Å². The normalized spacial score (nSPS) is 10.3. The van der Waals surface area contributed by atoms with Crippen molar-refractivity contribution in [1.29, 1.82) is 0 Å². The molecule has 3 nitrogen and oxygen atoms in total. The fraction of sp³-hybridized carbons (Fsp3) is 0.214. The maximum atomic E-state index is 11.9. The molecule has 0 saturated carbocycles. The van der Waals surface area contributed by atoms with Crippen LogP contribution in [-0.2, 0) is 0 Å². The standard InChI is InChI=1S/C14H16N2O/c1-11-7-8-16(14(17)9-11)13-6-4-5-12(10-13)15(2)3/h4-10H,1-3H3. The molecule has 0 fully saturated rings. The van der Waals surface area contributed by atoms with Crippen molar-refractivity contribution < 1.29 is 0 Å². The first kappa shape index (κ1) is 11.5. The molecule has 0 aliphatic carbocycles. The number of aryl methyl sites for hydroxylation is 1. The van der Waals surface area contributed by atoms with Gasteiger partial charge in [-0.25, -0.2) is 0 Å². The van der Waals surface area contributed by atoms with E-state index in [0.29, 0.717) is 0 Å². The summed E-state index contributed by atoms with van der Waals surface area (Å²) in [7, 11) is 3.97. The molecule has 1 aromatic carbocycles. The molecule has 88 valence electrons. The minimum absolute atomic E-state index is 0.000839. The smallest absolute Gasteiger partial charge is 0.255 e. The van der Waals surface area contributed by atoms with Gasteiger partial charge in [0.05, 0.1) is 5.69 Å². The van der Waals surface area contributed by atoms with Crippen molar-refractivity contribution in [3.05, 3.63) is 58.5 Å². The number of anilines is 1. The summed E-state index contributed by atoms with van der Waals surface area (Å²) in [6.45, 7) is 1.92. The first-order chi connectivity index (χ1) is 8.08. The third kappa shape index (κ3) is 2.38. The predicted octanol–water partition coefficient (Wildman–Crippen LogP) is 2.21. The number of aromatic nitrogens is 1. The monoisotopic (exact) mass is 228 g/mol. The summed E-state index contributed by atoms with van der Waals surface area (Å²) >= 11 is 0. The van der Waals surface area contributed by atoms with Gasteiger partial charge in [-0.2, -0.15) is 0 Å². The maximum absolute atomic E-state index is 11.9. The molecule has 0 atom stereocenters. The van der Waals surface area contributed by atoms with Gasteiger partial charge in [-0.3, -0.25) is 9.36 Å². The highest BCUT2D eigenvalue weighted by atomic mass is 16.1. The zero-order valence-electron chi connectivity index (χ0n) is 10.3. The van der Waals surface area contributed by atoms with Crippen LogP contribution in [-0.4, -0.2) is 18.7 Å². The van der Waals surface area contributed by atoms with Crippen LogP contribution in [0.4, 0.5) is 5.69 Å². The van der Waals surface area contributed by atoms with Gasteiger partial charge in [0.15, 0.2) is 0 Å². The van der Waals surface area contributed by atoms with Crippen molar-refractivity contribution in [1.82, 2.24) is 4.57 Å². The van der Waals surface area contributed by atoms with E-state index < -0.39 is 0 Å². The number of nitrogens with zero attached hydrogens (tertiary/aromatic N) is 2. The van der Waals surface area contributed by atoms with E-state index in [2.05, 4.69) is 0 Å². The van der Waals surface area contributed by atoms with Gasteiger partial charge in [0.2, 0.25) is 0 Å². The van der Waals surface area contributed by atoms with Crippen LogP contribution in [0, 0.1) is 6.92 Å². The Labute approximate surface area is 101 Å². The minimum Gasteiger partial charge on any atom is -0.378 e. The van der Waals surface area contributed by atoms with Crippen LogP contribution in [0.3, 0.4) is 0 Å². The molecular formula is C14H16N2O. The average Bonchev–Trinajstić information content (AvgIpc) is 2.29. The van der Waals surface area contributed by atoms with Gasteiger partial charge in [-0.15, -0.1) is 0 Å². The Morgan fingerprint density at radius 2 is 1.88 bits per heavy atom. The topological polar surface area (TPSA) is 25.2 Å². The molecule has 3 heteroatoms. The van der Waals surface area contributed by atoms with E-state index in [1.807, 2.05) is 62.4 Å². The molecule has 1 aromatic heterocycles. The third-order valence-corrected chi connectivity index (χ3v) is 2.70. The quantitative estimate of drug-likeness (QED) is 0.787. The second-order valence-corrected chi connectivity index (χ2v) is 4.33. The van der Waals surface area contributed by atoms with E-state index in [4.69, 9.17) is 0 Å². The molecule has 0 aliphatic rings. The summed E-state index contributed by atoms with van der Waals surface area (Å²) in [6.07, 6.45) is 1.81. The predicted molar refractivity (Wildman–Crippen MR) is 71.1 cm³/mol. The Bertz CT molecular complexity index is 585. The Balaban J connectivity index is 2.53. The number of rotatable bonds is 2. The fourth-order valence-corrected chi connectivity index (χ4v) is 1.71. The van der Waals surface area contributed by atoms with Gasteiger partial charge in [-0.1, -0.05) is 6.07 Å². The highest BCUT2D eigenvalue weighted by molar-refractivity contribution is 5.52. The first-order valence-electron chi connectivity index (χ1n) is 5.55. The Hall–Kier alpha value is -2.03. The van der Waals surface area contributed by atoms with Crippen molar-refractivity contribution >= 4 is 5.69 Å². The molecule has 0 spiro atoms. The lowest BCUT2D eigenvalue weighted by Crippen LogP contribution is -2.17. The number of hydrogen-bond acceptors (Lipinski definition) is 2. The molecule has 0 aliphatic heterocycles. The molecule has 1 heterocycles. The Morgan fingerprint density at radius 1 is 1.12 bits per heavy atom. The summed E-state index contributed by atoms with van der Waals surface area (Å²) in [5.41, 5.74) is 2.95. The highest BCUT2D eigenvalue weighted by Crippen LogP contribution is 2.15. The zero-order valence-corrected chi connectivity index (χ0v) is 10.3. The molecule has 2 aromatic rings. The summed E-state index contributed by atoms with van der Waals surface area (Å²) < 4.78 is 1.65. The second-order valence-electron chi connectivity index (χ2n) is 4.33. The van der Waals surface area contributed by atoms with Gasteiger partial charge in [-0.05, 0) is 36.8 Å². The van der Waals surface area contributed by atoms with Crippen LogP contribution in [0.15, 0.2) is 47.4 Å². The lowest BCUT2D eigenvalue weighted by Gasteiger charge is -2.14. The van der Waals surface area contributed by atoms with Gasteiger partial charge >= 0.3 is 0 Å². The van der Waals surface area contributed by atoms with Crippen molar-refractivity contribution in [3.63, 3.8) is 0 Å². The van der Waals surface area contributed by atoms with Crippen LogP contribution in [0.5, 0.6) is 0 Å². The summed E-state index contributed by atoms with van der Waals surface area (Å²) in [5, 5.41) is 0. The van der Waals surface area contributed by atoms with E-state index in [0.717, 1.165) is 16.9 Å². The van der Waals surface area contributed by atoms with E-state index >= 15 is 0 Å². The summed E-state index contributed by atoms with van der Waals surface area (Å²) in [6, 6.07) is 11.5. The summed E-state index contributed by atoms with van der Waals surface area (Å²) in [5.74, 6) is 0. The number of benzene rings is 1. The lowest BCUT2D eigenvalue weighted by atomic mass is 10.2. The Kier molecular flexibility index (Phi) is 3.00. The van der Waals surface area contributed by atoms with E-state index in [1.54, 1.807) is 10.6 Å². The van der Waals surface area contributed by atoms with Crippen molar-refractivity contribution in [3.8, 4) is 5.69 Å². The molecule has 17 heavy (non-hydrogen) atoms. The number of hydrogen-bond donors (Lipinski definition) is 0. The van der Waals surface area contributed by atoms with Crippen LogP contribution >= 0.6 is 0 Å². The van der Waals surface area contributed by atoms with Gasteiger partial charge in [0, 0.05) is 32.0 Å². The molecule has 2 rings (SSSR count). The lowest BCUT2D eigenvalue weighted by molar-refractivity contribution is 0.978. The maximum Gasteiger partial charge on any atom is 0.255 e. The molecular weight excluding hydrogens is 212 g/mol. The third-order valence-electron chi connectivity index (χ3n) is 2.70. The minimum atomic E-state index is 0.000839. The fourth-order valence-electron chi connectivity index (χ4n) is 1.71. The van der Waals surface area contributed by atoms with Gasteiger partial charge < -0.3 is 4.90 Å². The average molecular weight is 228 g/mol. The molecule has 0 saturated heterocycles. The van der Waals surface area contributed by atoms with Crippen molar-refractivity contribution in [2.24, 2.45) is 0 Å². The second kappa shape index (κ2) is 4.45.